The quantitative estimate of drug-likeness (QED) is 0.494. The summed E-state index contributed by atoms with van der Waals surface area (Å²) in [6, 6.07) is 0. The number of allylic oxidation sites excluding steroid dienone is 2. The fourth-order valence-corrected chi connectivity index (χ4v) is 2.29. The molecule has 19 heavy (non-hydrogen) atoms. The lowest BCUT2D eigenvalue weighted by Gasteiger charge is -1.99. The second-order valence-corrected chi connectivity index (χ2v) is 5.23. The van der Waals surface area contributed by atoms with Crippen molar-refractivity contribution in [3.8, 4) is 0 Å². The first kappa shape index (κ1) is 13.6. The number of nitrogens with one attached hydrogen (secondary N) is 1. The summed E-state index contributed by atoms with van der Waals surface area (Å²) in [6.45, 7) is 6.56. The van der Waals surface area contributed by atoms with E-state index in [1.165, 1.54) is 18.4 Å². The molecule has 0 radical (unpaired) electrons. The van der Waals surface area contributed by atoms with E-state index in [-0.39, 0.29) is 0 Å². The third kappa shape index (κ3) is 2.97. The topological polar surface area (TPSA) is 61.5 Å². The van der Waals surface area contributed by atoms with Gasteiger partial charge in [-0.1, -0.05) is 5.57 Å². The predicted molar refractivity (Wildman–Crippen MR) is 75.8 cm³/mol. The molecule has 1 aliphatic rings. The van der Waals surface area contributed by atoms with Gasteiger partial charge in [-0.3, -0.25) is 4.99 Å². The highest BCUT2D eigenvalue weighted by Crippen LogP contribution is 2.35. The summed E-state index contributed by atoms with van der Waals surface area (Å²) < 4.78 is 1.92. The highest BCUT2D eigenvalue weighted by atomic mass is 16.3. The molecule has 1 N–H and O–H groups in total. The second-order valence-electron chi connectivity index (χ2n) is 5.23. The number of aliphatic imine (C=N–C) groups is 1. The molecule has 0 saturated heterocycles. The van der Waals surface area contributed by atoms with Gasteiger partial charge in [0.05, 0.1) is 0 Å². The highest BCUT2D eigenvalue weighted by Gasteiger charge is 2.24. The van der Waals surface area contributed by atoms with Crippen LogP contribution in [0.1, 0.15) is 31.2 Å². The number of hydrogen-bond acceptors (Lipinski definition) is 3. The van der Waals surface area contributed by atoms with Crippen molar-refractivity contribution in [2.45, 2.75) is 40.2 Å². The Morgan fingerprint density at radius 1 is 1.47 bits per heavy atom. The number of rotatable bonds is 5. The third-order valence-electron chi connectivity index (χ3n) is 3.72. The molecule has 5 nitrogen and oxygen atoms in total. The minimum atomic E-state index is 0.498. The van der Waals surface area contributed by atoms with Crippen LogP contribution in [0.5, 0.6) is 0 Å². The molecule has 0 unspecified atom stereocenters. The van der Waals surface area contributed by atoms with Gasteiger partial charge in [-0.15, -0.1) is 9.59 Å². The summed E-state index contributed by atoms with van der Waals surface area (Å²) in [4.78, 5) is 15.1. The smallest absolute Gasteiger partial charge is 0.234 e. The van der Waals surface area contributed by atoms with Crippen LogP contribution in [-0.2, 0) is 6.54 Å². The average Bonchev–Trinajstić information content (AvgIpc) is 3.18. The predicted octanol–water partition coefficient (Wildman–Crippen LogP) is 2.74. The summed E-state index contributed by atoms with van der Waals surface area (Å²) >= 11 is 0. The van der Waals surface area contributed by atoms with Crippen molar-refractivity contribution >= 4 is 11.4 Å². The molecule has 1 saturated carbocycles. The van der Waals surface area contributed by atoms with Crippen LogP contribution in [0.15, 0.2) is 21.8 Å². The van der Waals surface area contributed by atoms with E-state index in [4.69, 9.17) is 0 Å². The summed E-state index contributed by atoms with van der Waals surface area (Å²) in [5.41, 5.74) is 4.56. The zero-order valence-corrected chi connectivity index (χ0v) is 12.0. The number of aromatic amines is 1. The van der Waals surface area contributed by atoms with Gasteiger partial charge in [0.15, 0.2) is 0 Å². The van der Waals surface area contributed by atoms with Crippen LogP contribution in [0.25, 0.3) is 0 Å². The van der Waals surface area contributed by atoms with Crippen LogP contribution in [0.4, 0.5) is 5.69 Å². The zero-order chi connectivity index (χ0) is 14.0. The normalized spacial score (nSPS) is 16.8. The summed E-state index contributed by atoms with van der Waals surface area (Å²) in [6.07, 6.45) is 4.76. The molecule has 0 aromatic carbocycles. The molecule has 0 amide bonds. The van der Waals surface area contributed by atoms with Gasteiger partial charge in [0, 0.05) is 14.0 Å². The molecule has 0 aliphatic heterocycles. The molecule has 1 fully saturated rings. The molecule has 1 aromatic heterocycles. The standard InChI is InChI=1S/C14H20N4O/c1-9(12-5-6-12)7-13(15-4)8-18-11(3)14(17-19)10(2)16-18/h7,12H,5-6,8H2,1-4H3/p+1/b9-7+,15-13?. The molecular weight excluding hydrogens is 240 g/mol. The first-order valence-corrected chi connectivity index (χ1v) is 6.63. The average molecular weight is 261 g/mol. The van der Waals surface area contributed by atoms with E-state index < -0.39 is 0 Å². The fraction of sp³-hybridized carbons (Fsp3) is 0.571. The first-order chi connectivity index (χ1) is 9.06. The minimum Gasteiger partial charge on any atom is -0.286 e. The van der Waals surface area contributed by atoms with Gasteiger partial charge in [0.2, 0.25) is 17.9 Å². The largest absolute Gasteiger partial charge is 0.286 e. The molecule has 0 atom stereocenters. The van der Waals surface area contributed by atoms with Crippen molar-refractivity contribution in [3.05, 3.63) is 27.9 Å². The second kappa shape index (κ2) is 5.47. The van der Waals surface area contributed by atoms with Crippen molar-refractivity contribution in [2.75, 3.05) is 7.05 Å². The van der Waals surface area contributed by atoms with Crippen LogP contribution in [-0.4, -0.2) is 17.9 Å². The van der Waals surface area contributed by atoms with Crippen LogP contribution >= 0.6 is 0 Å². The number of hydrogen-bond donors (Lipinski definition) is 1. The number of nitroso groups, excluding NO2 is 1. The van der Waals surface area contributed by atoms with Crippen molar-refractivity contribution in [1.29, 1.82) is 0 Å². The summed E-state index contributed by atoms with van der Waals surface area (Å²) in [7, 11) is 1.80. The molecule has 2 rings (SSSR count). The van der Waals surface area contributed by atoms with Gasteiger partial charge < -0.3 is 0 Å². The maximum absolute atomic E-state index is 10.8. The van der Waals surface area contributed by atoms with Gasteiger partial charge >= 0.3 is 0 Å². The number of aromatic nitrogens is 2. The van der Waals surface area contributed by atoms with E-state index >= 15 is 0 Å². The van der Waals surface area contributed by atoms with E-state index in [9.17, 15) is 4.91 Å². The third-order valence-corrected chi connectivity index (χ3v) is 3.72. The maximum Gasteiger partial charge on any atom is 0.234 e. The van der Waals surface area contributed by atoms with E-state index in [1.54, 1.807) is 7.05 Å². The van der Waals surface area contributed by atoms with Crippen molar-refractivity contribution in [1.82, 2.24) is 5.10 Å². The SMILES string of the molecule is CN=C(/C=C(\C)C1CC1)C[n+]1[nH]c(C)c(N=O)c1C. The van der Waals surface area contributed by atoms with Gasteiger partial charge in [-0.2, -0.15) is 5.10 Å². The lowest BCUT2D eigenvalue weighted by Crippen LogP contribution is -2.41. The first-order valence-electron chi connectivity index (χ1n) is 6.63. The Kier molecular flexibility index (Phi) is 3.93. The molecule has 0 spiro atoms. The monoisotopic (exact) mass is 261 g/mol. The van der Waals surface area contributed by atoms with Gasteiger partial charge in [0.1, 0.15) is 11.4 Å². The van der Waals surface area contributed by atoms with Gasteiger partial charge in [-0.05, 0) is 43.9 Å². The van der Waals surface area contributed by atoms with Crippen LogP contribution in [0.3, 0.4) is 0 Å². The van der Waals surface area contributed by atoms with Crippen LogP contribution < -0.4 is 4.68 Å². The zero-order valence-electron chi connectivity index (χ0n) is 12.0. The number of H-pyrrole nitrogens is 1. The molecule has 5 heteroatoms. The van der Waals surface area contributed by atoms with Crippen molar-refractivity contribution in [2.24, 2.45) is 16.1 Å². The Morgan fingerprint density at radius 3 is 2.63 bits per heavy atom. The van der Waals surface area contributed by atoms with E-state index in [0.29, 0.717) is 12.2 Å². The fourth-order valence-electron chi connectivity index (χ4n) is 2.29. The molecular formula is C14H21N4O+. The summed E-state index contributed by atoms with van der Waals surface area (Å²) in [5, 5.41) is 6.22. The lowest BCUT2D eigenvalue weighted by molar-refractivity contribution is -0.741. The van der Waals surface area contributed by atoms with Gasteiger partial charge in [-0.25, -0.2) is 0 Å². The Balaban J connectivity index is 2.19. The Morgan fingerprint density at radius 2 is 2.16 bits per heavy atom. The Hall–Kier alpha value is -1.78. The molecule has 102 valence electrons. The van der Waals surface area contributed by atoms with Gasteiger partial charge in [0.25, 0.3) is 0 Å². The van der Waals surface area contributed by atoms with E-state index in [0.717, 1.165) is 23.0 Å². The highest BCUT2D eigenvalue weighted by molar-refractivity contribution is 5.94. The van der Waals surface area contributed by atoms with Crippen molar-refractivity contribution < 1.29 is 4.68 Å². The molecule has 1 aliphatic carbocycles. The Labute approximate surface area is 113 Å². The maximum atomic E-state index is 10.8. The van der Waals surface area contributed by atoms with Crippen LogP contribution in [0, 0.1) is 24.7 Å². The molecule has 1 heterocycles. The number of nitrogens with zero attached hydrogens (tertiary/aromatic N) is 3. The molecule has 0 bridgehead atoms. The molecule has 1 aromatic rings. The minimum absolute atomic E-state index is 0.498. The van der Waals surface area contributed by atoms with E-state index in [2.05, 4.69) is 28.3 Å². The number of aryl methyl sites for hydroxylation is 1. The van der Waals surface area contributed by atoms with Crippen LogP contribution in [0.2, 0.25) is 0 Å². The Bertz CT molecular complexity index is 550. The van der Waals surface area contributed by atoms with Crippen molar-refractivity contribution in [3.63, 3.8) is 0 Å². The van der Waals surface area contributed by atoms with E-state index in [1.807, 2.05) is 18.5 Å². The lowest BCUT2D eigenvalue weighted by atomic mass is 10.1. The summed E-state index contributed by atoms with van der Waals surface area (Å²) in [5.74, 6) is 0.750.